The molecule has 11 heteroatoms. The summed E-state index contributed by atoms with van der Waals surface area (Å²) < 4.78 is 46.1. The van der Waals surface area contributed by atoms with Gasteiger partial charge in [-0.3, -0.25) is 0 Å². The second kappa shape index (κ2) is 7.03. The van der Waals surface area contributed by atoms with Crippen LogP contribution >= 0.6 is 0 Å². The SMILES string of the molecule is Cc1nnc([C@@]23C[C@H](C)C[C@@H](C2)N3C(=O)Nc2ccc(C(F)(F)F)c(C3=NN=C=C3)c2)o1. The molecule has 2 bridgehead atoms. The summed E-state index contributed by atoms with van der Waals surface area (Å²) in [5.41, 5.74) is -1.49. The minimum absolute atomic E-state index is 0.00425. The van der Waals surface area contributed by atoms with Gasteiger partial charge in [-0.1, -0.05) is 6.92 Å². The number of carbonyl (C=O) groups excluding carboxylic acids is 1. The van der Waals surface area contributed by atoms with Crippen molar-refractivity contribution in [3.8, 4) is 0 Å². The Balaban J connectivity index is 1.45. The molecule has 2 aliphatic heterocycles. The van der Waals surface area contributed by atoms with Crippen LogP contribution in [-0.4, -0.2) is 38.8 Å². The van der Waals surface area contributed by atoms with Crippen molar-refractivity contribution in [3.63, 3.8) is 0 Å². The van der Waals surface area contributed by atoms with E-state index in [-0.39, 0.29) is 23.0 Å². The average Bonchev–Trinajstić information content (AvgIpc) is 3.38. The van der Waals surface area contributed by atoms with Crippen LogP contribution in [0, 0.1) is 12.8 Å². The van der Waals surface area contributed by atoms with Crippen LogP contribution in [0.4, 0.5) is 23.7 Å². The van der Waals surface area contributed by atoms with Gasteiger partial charge in [0.15, 0.2) is 0 Å². The van der Waals surface area contributed by atoms with Gasteiger partial charge in [0, 0.05) is 42.6 Å². The number of hydrogen-bond acceptors (Lipinski definition) is 6. The highest BCUT2D eigenvalue weighted by Crippen LogP contribution is 2.55. The molecule has 2 amide bonds. The summed E-state index contributed by atoms with van der Waals surface area (Å²) >= 11 is 0. The normalized spacial score (nSPS) is 26.2. The molecule has 0 spiro atoms. The largest absolute Gasteiger partial charge is 0.423 e. The smallest absolute Gasteiger partial charge is 0.417 e. The fraction of sp³-hybridized carbons (Fsp3) is 0.429. The van der Waals surface area contributed by atoms with Gasteiger partial charge in [0.05, 0.1) is 5.56 Å². The van der Waals surface area contributed by atoms with E-state index >= 15 is 0 Å². The van der Waals surface area contributed by atoms with Gasteiger partial charge in [0.1, 0.15) is 11.3 Å². The Kier molecular flexibility index (Phi) is 4.49. The van der Waals surface area contributed by atoms with Crippen molar-refractivity contribution in [3.05, 3.63) is 47.2 Å². The van der Waals surface area contributed by atoms with E-state index in [9.17, 15) is 18.0 Å². The molecule has 1 saturated carbocycles. The molecule has 32 heavy (non-hydrogen) atoms. The zero-order chi connectivity index (χ0) is 22.7. The molecule has 3 atom stereocenters. The van der Waals surface area contributed by atoms with Gasteiger partial charge in [-0.25, -0.2) is 4.79 Å². The number of urea groups is 1. The number of nitrogens with zero attached hydrogens (tertiary/aromatic N) is 5. The van der Waals surface area contributed by atoms with Crippen LogP contribution < -0.4 is 5.32 Å². The lowest BCUT2D eigenvalue weighted by Crippen LogP contribution is -2.70. The summed E-state index contributed by atoms with van der Waals surface area (Å²) in [6.45, 7) is 3.80. The second-order valence-corrected chi connectivity index (χ2v) is 8.48. The Labute approximate surface area is 180 Å². The highest BCUT2D eigenvalue weighted by Gasteiger charge is 2.62. The number of alkyl halides is 3. The van der Waals surface area contributed by atoms with E-state index in [0.29, 0.717) is 30.5 Å². The Morgan fingerprint density at radius 2 is 2.12 bits per heavy atom. The predicted octanol–water partition coefficient (Wildman–Crippen LogP) is 4.27. The van der Waals surface area contributed by atoms with E-state index in [4.69, 9.17) is 4.42 Å². The van der Waals surface area contributed by atoms with E-state index in [1.807, 2.05) is 0 Å². The Morgan fingerprint density at radius 1 is 1.31 bits per heavy atom. The predicted molar refractivity (Wildman–Crippen MR) is 108 cm³/mol. The molecule has 3 heterocycles. The first-order valence-corrected chi connectivity index (χ1v) is 10.2. The van der Waals surface area contributed by atoms with Gasteiger partial charge >= 0.3 is 12.2 Å². The number of aromatic nitrogens is 2. The van der Waals surface area contributed by atoms with Gasteiger partial charge in [-0.2, -0.15) is 13.2 Å². The summed E-state index contributed by atoms with van der Waals surface area (Å²) in [5, 5.41) is 18.0. The summed E-state index contributed by atoms with van der Waals surface area (Å²) in [4.78, 5) is 14.9. The first-order chi connectivity index (χ1) is 15.2. The maximum Gasteiger partial charge on any atom is 0.417 e. The fourth-order valence-corrected chi connectivity index (χ4v) is 5.03. The van der Waals surface area contributed by atoms with Crippen molar-refractivity contribution in [1.29, 1.82) is 0 Å². The van der Waals surface area contributed by atoms with Crippen LogP contribution in [0.25, 0.3) is 0 Å². The monoisotopic (exact) mass is 444 g/mol. The number of amides is 2. The Hall–Kier alpha value is -3.46. The van der Waals surface area contributed by atoms with Crippen molar-refractivity contribution in [2.75, 3.05) is 5.32 Å². The highest BCUT2D eigenvalue weighted by molar-refractivity contribution is 6.15. The van der Waals surface area contributed by atoms with E-state index < -0.39 is 23.3 Å². The van der Waals surface area contributed by atoms with Crippen LogP contribution in [0.1, 0.15) is 49.1 Å². The van der Waals surface area contributed by atoms with Crippen LogP contribution in [0.15, 0.2) is 38.9 Å². The number of aryl methyl sites for hydroxylation is 1. The van der Waals surface area contributed by atoms with Crippen LogP contribution in [0.2, 0.25) is 0 Å². The van der Waals surface area contributed by atoms with E-state index in [1.54, 1.807) is 11.8 Å². The third kappa shape index (κ3) is 3.20. The van der Waals surface area contributed by atoms with Gasteiger partial charge in [0.25, 0.3) is 0 Å². The van der Waals surface area contributed by atoms with Gasteiger partial charge in [-0.05, 0) is 37.0 Å². The summed E-state index contributed by atoms with van der Waals surface area (Å²) in [6, 6.07) is 2.98. The second-order valence-electron chi connectivity index (χ2n) is 8.48. The Bertz CT molecular complexity index is 1200. The topological polar surface area (TPSA) is 96.0 Å². The molecule has 5 rings (SSSR count). The van der Waals surface area contributed by atoms with E-state index in [2.05, 4.69) is 38.5 Å². The standard InChI is InChI=1S/C21H19F3N6O2/c1-11-7-14-10-20(9-11,18-29-27-12(2)32-18)30(14)19(31)26-13-3-4-16(21(22,23)24)15(8-13)17-5-6-25-28-17/h3-5,8,11,14H,7,9-10H2,1-2H3,(H,26,31)/t11-,14+,20-/m1/s1. The summed E-state index contributed by atoms with van der Waals surface area (Å²) in [5.74, 6) is 3.59. The molecule has 1 aliphatic carbocycles. The Morgan fingerprint density at radius 3 is 2.78 bits per heavy atom. The lowest BCUT2D eigenvalue weighted by atomic mass is 9.64. The third-order valence-corrected chi connectivity index (χ3v) is 6.17. The fourth-order valence-electron chi connectivity index (χ4n) is 5.03. The van der Waals surface area contributed by atoms with E-state index in [0.717, 1.165) is 12.5 Å². The average molecular weight is 444 g/mol. The minimum Gasteiger partial charge on any atom is -0.423 e. The van der Waals surface area contributed by atoms with Crippen LogP contribution in [0.5, 0.6) is 0 Å². The molecule has 1 saturated heterocycles. The van der Waals surface area contributed by atoms with Gasteiger partial charge in [-0.15, -0.1) is 20.4 Å². The molecule has 1 N–H and O–H groups in total. The molecule has 0 radical (unpaired) electrons. The number of likely N-dealkylation sites (tertiary alicyclic amines) is 1. The molecule has 2 fully saturated rings. The number of piperidine rings is 1. The molecule has 3 aliphatic rings. The number of carbonyl (C=O) groups is 1. The van der Waals surface area contributed by atoms with Crippen molar-refractivity contribution in [2.45, 2.75) is 50.9 Å². The molecule has 1 aromatic heterocycles. The van der Waals surface area contributed by atoms with E-state index in [1.165, 1.54) is 18.2 Å². The van der Waals surface area contributed by atoms with Gasteiger partial charge in [0.2, 0.25) is 11.8 Å². The van der Waals surface area contributed by atoms with Crippen molar-refractivity contribution < 1.29 is 22.4 Å². The summed E-state index contributed by atoms with van der Waals surface area (Å²) in [7, 11) is 0. The molecular weight excluding hydrogens is 425 g/mol. The molecular formula is C21H19F3N6O2. The number of allylic oxidation sites excluding steroid dienone is 1. The number of rotatable bonds is 3. The third-order valence-electron chi connectivity index (χ3n) is 6.17. The van der Waals surface area contributed by atoms with Gasteiger partial charge < -0.3 is 14.6 Å². The zero-order valence-electron chi connectivity index (χ0n) is 17.3. The number of hydrogen-bond donors (Lipinski definition) is 1. The zero-order valence-corrected chi connectivity index (χ0v) is 17.3. The highest BCUT2D eigenvalue weighted by atomic mass is 19.4. The van der Waals surface area contributed by atoms with Crippen LogP contribution in [-0.2, 0) is 11.7 Å². The van der Waals surface area contributed by atoms with Crippen molar-refractivity contribution in [2.24, 2.45) is 16.1 Å². The molecule has 1 aromatic carbocycles. The number of nitrogens with one attached hydrogen (secondary N) is 1. The quantitative estimate of drug-likeness (QED) is 0.765. The molecule has 166 valence electrons. The maximum atomic E-state index is 13.5. The van der Waals surface area contributed by atoms with Crippen molar-refractivity contribution in [1.82, 2.24) is 15.1 Å². The molecule has 2 aromatic rings. The maximum absolute atomic E-state index is 13.5. The lowest BCUT2D eigenvalue weighted by Gasteiger charge is -2.61. The first kappa shape index (κ1) is 20.4. The lowest BCUT2D eigenvalue weighted by molar-refractivity contribution is -0.137. The molecule has 0 unspecified atom stereocenters. The number of fused-ring (bicyclic) bond motifs is 2. The summed E-state index contributed by atoms with van der Waals surface area (Å²) in [6.07, 6.45) is -1.09. The first-order valence-electron chi connectivity index (χ1n) is 10.2. The number of halogens is 3. The number of benzene rings is 1. The minimum atomic E-state index is -4.58. The van der Waals surface area contributed by atoms with Crippen molar-refractivity contribution >= 4 is 23.3 Å². The molecule has 8 nitrogen and oxygen atoms in total. The number of anilines is 1. The van der Waals surface area contributed by atoms with Crippen LogP contribution in [0.3, 0.4) is 0 Å².